The van der Waals surface area contributed by atoms with Crippen LogP contribution in [0.15, 0.2) is 53.6 Å². The first kappa shape index (κ1) is 17.9. The minimum absolute atomic E-state index is 0.00232. The number of hydrogen-bond donors (Lipinski definition) is 0. The molecule has 0 fully saturated rings. The van der Waals surface area contributed by atoms with E-state index in [-0.39, 0.29) is 16.9 Å². The van der Waals surface area contributed by atoms with Crippen molar-refractivity contribution >= 4 is 17.5 Å². The fraction of sp³-hybridized carbons (Fsp3) is 0.350. The summed E-state index contributed by atoms with van der Waals surface area (Å²) in [7, 11) is 0. The van der Waals surface area contributed by atoms with Crippen LogP contribution in [-0.4, -0.2) is 10.7 Å². The second-order valence-electron chi connectivity index (χ2n) is 6.82. The number of nitro benzene ring substituents is 1. The van der Waals surface area contributed by atoms with E-state index in [1.54, 1.807) is 24.3 Å². The highest BCUT2D eigenvalue weighted by Crippen LogP contribution is 2.40. The van der Waals surface area contributed by atoms with Crippen molar-refractivity contribution in [2.24, 2.45) is 5.41 Å². The van der Waals surface area contributed by atoms with Crippen molar-refractivity contribution in [3.63, 3.8) is 0 Å². The molecule has 0 aromatic heterocycles. The van der Waals surface area contributed by atoms with Crippen LogP contribution in [0, 0.1) is 15.5 Å². The zero-order valence-corrected chi connectivity index (χ0v) is 14.4. The molecule has 24 heavy (non-hydrogen) atoms. The van der Waals surface area contributed by atoms with E-state index in [4.69, 9.17) is 0 Å². The molecule has 1 aromatic carbocycles. The van der Waals surface area contributed by atoms with Crippen LogP contribution in [0.1, 0.15) is 45.6 Å². The molecule has 126 valence electrons. The van der Waals surface area contributed by atoms with Crippen molar-refractivity contribution in [2.45, 2.75) is 40.0 Å². The van der Waals surface area contributed by atoms with Gasteiger partial charge in [0.05, 0.1) is 10.5 Å². The van der Waals surface area contributed by atoms with Gasteiger partial charge in [0.25, 0.3) is 5.69 Å². The van der Waals surface area contributed by atoms with Crippen LogP contribution in [0.2, 0.25) is 0 Å². The molecule has 0 N–H and O–H groups in total. The van der Waals surface area contributed by atoms with Crippen LogP contribution in [0.25, 0.3) is 6.08 Å². The topological polar surface area (TPSA) is 60.2 Å². The predicted molar refractivity (Wildman–Crippen MR) is 96.6 cm³/mol. The fourth-order valence-electron chi connectivity index (χ4n) is 3.20. The van der Waals surface area contributed by atoms with Crippen molar-refractivity contribution in [3.8, 4) is 0 Å². The molecule has 2 rings (SSSR count). The average Bonchev–Trinajstić information content (AvgIpc) is 2.52. The zero-order chi connectivity index (χ0) is 17.7. The molecule has 0 bridgehead atoms. The van der Waals surface area contributed by atoms with Crippen molar-refractivity contribution in [1.82, 2.24) is 0 Å². The summed E-state index contributed by atoms with van der Waals surface area (Å²) in [6.45, 7) is 6.51. The van der Waals surface area contributed by atoms with E-state index >= 15 is 0 Å². The molecule has 0 aliphatic heterocycles. The lowest BCUT2D eigenvalue weighted by atomic mass is 9.72. The highest BCUT2D eigenvalue weighted by atomic mass is 16.6. The van der Waals surface area contributed by atoms with Crippen molar-refractivity contribution in [2.75, 3.05) is 0 Å². The highest BCUT2D eigenvalue weighted by Gasteiger charge is 2.26. The van der Waals surface area contributed by atoms with Gasteiger partial charge in [0, 0.05) is 6.07 Å². The second-order valence-corrected chi connectivity index (χ2v) is 6.82. The number of rotatable bonds is 5. The Morgan fingerprint density at radius 2 is 1.88 bits per heavy atom. The first-order valence-electron chi connectivity index (χ1n) is 8.15. The standard InChI is InChI=1S/C20H23NO3/c1-15-7-6-14-20(2,3)18(15)13-12-17(22)11-10-16-8-4-5-9-19(16)21(23)24/h4-5,8-13H,6-7,14H2,1-3H3/b11-10+,13-12+. The summed E-state index contributed by atoms with van der Waals surface area (Å²) in [5.74, 6) is -0.171. The molecule has 0 radical (unpaired) electrons. The van der Waals surface area contributed by atoms with E-state index in [9.17, 15) is 14.9 Å². The molecule has 0 heterocycles. The van der Waals surface area contributed by atoms with Crippen LogP contribution in [-0.2, 0) is 4.79 Å². The van der Waals surface area contributed by atoms with Gasteiger partial charge in [-0.15, -0.1) is 0 Å². The Bertz CT molecular complexity index is 739. The Labute approximate surface area is 142 Å². The van der Waals surface area contributed by atoms with Gasteiger partial charge in [-0.2, -0.15) is 0 Å². The van der Waals surface area contributed by atoms with E-state index < -0.39 is 4.92 Å². The molecule has 4 nitrogen and oxygen atoms in total. The number of benzene rings is 1. The summed E-state index contributed by atoms with van der Waals surface area (Å²) in [6, 6.07) is 6.38. The molecule has 0 unspecified atom stereocenters. The lowest BCUT2D eigenvalue weighted by Crippen LogP contribution is -2.19. The Balaban J connectivity index is 2.15. The largest absolute Gasteiger partial charge is 0.290 e. The SMILES string of the molecule is CC1=C(/C=C/C(=O)/C=C/c2ccccc2[N+](=O)[O-])C(C)(C)CCC1. The minimum atomic E-state index is -0.446. The van der Waals surface area contributed by atoms with E-state index in [1.165, 1.54) is 35.8 Å². The van der Waals surface area contributed by atoms with Crippen LogP contribution in [0.3, 0.4) is 0 Å². The minimum Gasteiger partial charge on any atom is -0.290 e. The average molecular weight is 325 g/mol. The summed E-state index contributed by atoms with van der Waals surface area (Å²) >= 11 is 0. The second kappa shape index (κ2) is 7.39. The third-order valence-electron chi connectivity index (χ3n) is 4.52. The summed E-state index contributed by atoms with van der Waals surface area (Å²) < 4.78 is 0. The number of nitro groups is 1. The van der Waals surface area contributed by atoms with Crippen LogP contribution in [0.4, 0.5) is 5.69 Å². The van der Waals surface area contributed by atoms with Crippen molar-refractivity contribution < 1.29 is 9.72 Å². The number of carbonyl (C=O) groups is 1. The first-order valence-corrected chi connectivity index (χ1v) is 8.15. The summed E-state index contributed by atoms with van der Waals surface area (Å²) in [4.78, 5) is 22.6. The van der Waals surface area contributed by atoms with Gasteiger partial charge in [-0.3, -0.25) is 14.9 Å². The molecule has 0 saturated heterocycles. The summed E-state index contributed by atoms with van der Waals surface area (Å²) in [6.07, 6.45) is 9.70. The maximum absolute atomic E-state index is 12.1. The number of nitrogens with zero attached hydrogens (tertiary/aromatic N) is 1. The zero-order valence-electron chi connectivity index (χ0n) is 14.4. The Morgan fingerprint density at radius 1 is 1.21 bits per heavy atom. The molecule has 1 aliphatic rings. The van der Waals surface area contributed by atoms with Gasteiger partial charge in [0.15, 0.2) is 5.78 Å². The van der Waals surface area contributed by atoms with E-state index in [0.717, 1.165) is 12.8 Å². The normalized spacial score (nSPS) is 17.6. The highest BCUT2D eigenvalue weighted by molar-refractivity contribution is 6.02. The van der Waals surface area contributed by atoms with Crippen molar-refractivity contribution in [1.29, 1.82) is 0 Å². The van der Waals surface area contributed by atoms with Gasteiger partial charge in [0.1, 0.15) is 0 Å². The monoisotopic (exact) mass is 325 g/mol. The van der Waals surface area contributed by atoms with E-state index in [0.29, 0.717) is 5.56 Å². The van der Waals surface area contributed by atoms with Gasteiger partial charge in [0.2, 0.25) is 0 Å². The smallest absolute Gasteiger partial charge is 0.276 e. The number of para-hydroxylation sites is 1. The quantitative estimate of drug-likeness (QED) is 0.421. The predicted octanol–water partition coefficient (Wildman–Crippen LogP) is 5.26. The molecule has 1 aromatic rings. The molecular weight excluding hydrogens is 302 g/mol. The number of allylic oxidation sites excluding steroid dienone is 5. The Kier molecular flexibility index (Phi) is 5.50. The van der Waals surface area contributed by atoms with Gasteiger partial charge in [-0.25, -0.2) is 0 Å². The molecule has 0 amide bonds. The molecule has 4 heteroatoms. The third kappa shape index (κ3) is 4.28. The van der Waals surface area contributed by atoms with Crippen LogP contribution >= 0.6 is 0 Å². The van der Waals surface area contributed by atoms with Crippen LogP contribution in [0.5, 0.6) is 0 Å². The maximum Gasteiger partial charge on any atom is 0.276 e. The van der Waals surface area contributed by atoms with Gasteiger partial charge < -0.3 is 0 Å². The first-order chi connectivity index (χ1) is 11.3. The number of carbonyl (C=O) groups excluding carboxylic acids is 1. The maximum atomic E-state index is 12.1. The molecule has 0 spiro atoms. The van der Waals surface area contributed by atoms with Gasteiger partial charge in [-0.1, -0.05) is 37.6 Å². The summed E-state index contributed by atoms with van der Waals surface area (Å²) in [5, 5.41) is 11.0. The fourth-order valence-corrected chi connectivity index (χ4v) is 3.20. The molecule has 1 aliphatic carbocycles. The lowest BCUT2D eigenvalue weighted by Gasteiger charge is -2.32. The summed E-state index contributed by atoms with van der Waals surface area (Å²) in [5.41, 5.74) is 3.07. The molecular formula is C20H23NO3. The van der Waals surface area contributed by atoms with E-state index in [1.807, 2.05) is 6.08 Å². The van der Waals surface area contributed by atoms with Crippen molar-refractivity contribution in [3.05, 3.63) is 69.3 Å². The molecule has 0 atom stereocenters. The lowest BCUT2D eigenvalue weighted by molar-refractivity contribution is -0.385. The molecule has 0 saturated carbocycles. The van der Waals surface area contributed by atoms with Gasteiger partial charge >= 0.3 is 0 Å². The Hall–Kier alpha value is -2.49. The number of hydrogen-bond acceptors (Lipinski definition) is 3. The Morgan fingerprint density at radius 3 is 2.54 bits per heavy atom. The van der Waals surface area contributed by atoms with E-state index in [2.05, 4.69) is 20.8 Å². The van der Waals surface area contributed by atoms with Gasteiger partial charge in [-0.05, 0) is 61.5 Å². The third-order valence-corrected chi connectivity index (χ3v) is 4.52. The van der Waals surface area contributed by atoms with Crippen LogP contribution < -0.4 is 0 Å². The number of ketones is 1.